The third-order valence-electron chi connectivity index (χ3n) is 4.47. The van der Waals surface area contributed by atoms with Crippen LogP contribution >= 0.6 is 23.8 Å². The Labute approximate surface area is 159 Å². The summed E-state index contributed by atoms with van der Waals surface area (Å²) in [5.41, 5.74) is 1.42. The lowest BCUT2D eigenvalue weighted by molar-refractivity contribution is -0.120. The van der Waals surface area contributed by atoms with Crippen molar-refractivity contribution in [3.8, 4) is 0 Å². The topological polar surface area (TPSA) is 59.0 Å². The predicted molar refractivity (Wildman–Crippen MR) is 96.0 cm³/mol. The number of carbonyl (C=O) groups excluding carboxylic acids is 1. The van der Waals surface area contributed by atoms with E-state index >= 15 is 0 Å². The molecule has 2 N–H and O–H groups in total. The summed E-state index contributed by atoms with van der Waals surface area (Å²) in [7, 11) is 1.55. The van der Waals surface area contributed by atoms with Crippen molar-refractivity contribution < 1.29 is 18.3 Å². The van der Waals surface area contributed by atoms with Crippen molar-refractivity contribution in [3.63, 3.8) is 0 Å². The van der Waals surface area contributed by atoms with Gasteiger partial charge < -0.3 is 19.6 Å². The molecule has 1 aromatic heterocycles. The highest BCUT2D eigenvalue weighted by Crippen LogP contribution is 2.36. The number of fused-ring (bicyclic) bond motifs is 1. The molecule has 3 rings (SSSR count). The fraction of sp³-hybridized carbons (Fsp3) is 0.412. The summed E-state index contributed by atoms with van der Waals surface area (Å²) in [6.45, 7) is 1.17. The standard InChI is InChI=1S/C17H18ClF2N3O2S/c1-25-5-4-21-14(24)7-12-13-6-9(8-23(13)17(26)22-12)15-11(19)3-2-10(18)16(15)20/h2-3,9H,4-8H2,1H3,(H,21,24)(H,22,26). The van der Waals surface area contributed by atoms with Gasteiger partial charge in [-0.15, -0.1) is 0 Å². The van der Waals surface area contributed by atoms with E-state index in [1.807, 2.05) is 0 Å². The van der Waals surface area contributed by atoms with E-state index in [9.17, 15) is 13.6 Å². The number of amides is 1. The Kier molecular flexibility index (Phi) is 5.74. The molecule has 2 heterocycles. The number of ether oxygens (including phenoxy) is 1. The fourth-order valence-electron chi connectivity index (χ4n) is 3.27. The highest BCUT2D eigenvalue weighted by atomic mass is 35.5. The Bertz CT molecular complexity index is 897. The number of hydrogen-bond donors (Lipinski definition) is 2. The number of halogens is 3. The summed E-state index contributed by atoms with van der Waals surface area (Å²) in [5.74, 6) is -1.96. The summed E-state index contributed by atoms with van der Waals surface area (Å²) in [5, 5.41) is 2.63. The molecule has 2 aromatic rings. The maximum atomic E-state index is 14.3. The molecule has 0 aliphatic carbocycles. The Morgan fingerprint density at radius 2 is 2.27 bits per heavy atom. The van der Waals surface area contributed by atoms with Gasteiger partial charge in [-0.3, -0.25) is 4.79 Å². The normalized spacial score (nSPS) is 15.9. The minimum absolute atomic E-state index is 0.0360. The van der Waals surface area contributed by atoms with Gasteiger partial charge in [0.05, 0.1) is 18.1 Å². The molecule has 0 bridgehead atoms. The van der Waals surface area contributed by atoms with Crippen LogP contribution in [0.15, 0.2) is 12.1 Å². The second-order valence-corrected chi connectivity index (χ2v) is 6.94. The van der Waals surface area contributed by atoms with E-state index in [0.717, 1.165) is 5.69 Å². The maximum absolute atomic E-state index is 14.3. The van der Waals surface area contributed by atoms with Gasteiger partial charge in [-0.05, 0) is 30.8 Å². The monoisotopic (exact) mass is 401 g/mol. The number of nitrogens with one attached hydrogen (secondary N) is 2. The molecule has 5 nitrogen and oxygen atoms in total. The second kappa shape index (κ2) is 7.85. The summed E-state index contributed by atoms with van der Waals surface area (Å²) >= 11 is 11.1. The van der Waals surface area contributed by atoms with E-state index in [-0.39, 0.29) is 22.9 Å². The van der Waals surface area contributed by atoms with Crippen molar-refractivity contribution in [1.29, 1.82) is 0 Å². The van der Waals surface area contributed by atoms with Crippen molar-refractivity contribution in [2.75, 3.05) is 20.3 Å². The van der Waals surface area contributed by atoms with Gasteiger partial charge in [0.25, 0.3) is 0 Å². The molecular weight excluding hydrogens is 384 g/mol. The van der Waals surface area contributed by atoms with Crippen LogP contribution in [0.1, 0.15) is 22.9 Å². The Morgan fingerprint density at radius 3 is 3.00 bits per heavy atom. The van der Waals surface area contributed by atoms with E-state index < -0.39 is 17.6 Å². The summed E-state index contributed by atoms with van der Waals surface area (Å²) < 4.78 is 35.6. The molecule has 0 radical (unpaired) electrons. The van der Waals surface area contributed by atoms with Crippen LogP contribution in [0.25, 0.3) is 0 Å². The lowest BCUT2D eigenvalue weighted by atomic mass is 9.95. The summed E-state index contributed by atoms with van der Waals surface area (Å²) in [6.07, 6.45) is 0.491. The van der Waals surface area contributed by atoms with Gasteiger partial charge in [0.15, 0.2) is 4.77 Å². The number of aromatic amines is 1. The minimum atomic E-state index is -0.740. The Morgan fingerprint density at radius 1 is 1.50 bits per heavy atom. The maximum Gasteiger partial charge on any atom is 0.226 e. The van der Waals surface area contributed by atoms with Gasteiger partial charge in [0.2, 0.25) is 5.91 Å². The van der Waals surface area contributed by atoms with Crippen LogP contribution in [-0.4, -0.2) is 35.7 Å². The molecule has 0 saturated heterocycles. The first-order valence-electron chi connectivity index (χ1n) is 8.12. The number of imidazole rings is 1. The minimum Gasteiger partial charge on any atom is -0.383 e. The number of benzene rings is 1. The molecule has 1 unspecified atom stereocenters. The van der Waals surface area contributed by atoms with Crippen LogP contribution in [0.2, 0.25) is 5.02 Å². The molecule has 1 amide bonds. The van der Waals surface area contributed by atoms with Crippen molar-refractivity contribution in [2.45, 2.75) is 25.3 Å². The van der Waals surface area contributed by atoms with Gasteiger partial charge in [-0.25, -0.2) is 8.78 Å². The Hall–Kier alpha value is -1.77. The number of carbonyl (C=O) groups is 1. The second-order valence-electron chi connectivity index (χ2n) is 6.14. The predicted octanol–water partition coefficient (Wildman–Crippen LogP) is 3.12. The first-order valence-corrected chi connectivity index (χ1v) is 8.90. The largest absolute Gasteiger partial charge is 0.383 e. The van der Waals surface area contributed by atoms with E-state index in [0.29, 0.717) is 36.6 Å². The molecule has 1 atom stereocenters. The van der Waals surface area contributed by atoms with Crippen LogP contribution in [0.3, 0.4) is 0 Å². The van der Waals surface area contributed by atoms with Crippen LogP contribution in [-0.2, 0) is 28.9 Å². The molecule has 1 aromatic carbocycles. The zero-order valence-electron chi connectivity index (χ0n) is 14.1. The highest BCUT2D eigenvalue weighted by Gasteiger charge is 2.31. The first-order chi connectivity index (χ1) is 12.4. The lowest BCUT2D eigenvalue weighted by Crippen LogP contribution is -2.28. The number of aromatic nitrogens is 2. The third-order valence-corrected chi connectivity index (χ3v) is 5.09. The van der Waals surface area contributed by atoms with Gasteiger partial charge in [-0.2, -0.15) is 0 Å². The average Bonchev–Trinajstić information content (AvgIpc) is 3.13. The average molecular weight is 402 g/mol. The van der Waals surface area contributed by atoms with Crippen molar-refractivity contribution in [3.05, 3.63) is 50.5 Å². The molecule has 140 valence electrons. The number of rotatable bonds is 6. The van der Waals surface area contributed by atoms with Crippen LogP contribution in [0, 0.1) is 16.4 Å². The molecule has 0 spiro atoms. The SMILES string of the molecule is COCCNC(=O)Cc1[nH]c(=S)n2c1CC(c1c(F)ccc(Cl)c1F)C2. The summed E-state index contributed by atoms with van der Waals surface area (Å²) in [6, 6.07) is 2.37. The third kappa shape index (κ3) is 3.67. The molecule has 0 saturated carbocycles. The molecule has 9 heteroatoms. The summed E-state index contributed by atoms with van der Waals surface area (Å²) in [4.78, 5) is 15.1. The van der Waals surface area contributed by atoms with Crippen LogP contribution in [0.5, 0.6) is 0 Å². The van der Waals surface area contributed by atoms with E-state index in [4.69, 9.17) is 28.6 Å². The number of H-pyrrole nitrogens is 1. The van der Waals surface area contributed by atoms with Crippen LogP contribution < -0.4 is 5.32 Å². The Balaban J connectivity index is 1.81. The zero-order chi connectivity index (χ0) is 18.8. The van der Waals surface area contributed by atoms with Gasteiger partial charge in [0, 0.05) is 43.1 Å². The molecule has 1 aliphatic rings. The van der Waals surface area contributed by atoms with Crippen molar-refractivity contribution in [1.82, 2.24) is 14.9 Å². The van der Waals surface area contributed by atoms with Gasteiger partial charge in [-0.1, -0.05) is 11.6 Å². The number of hydrogen-bond acceptors (Lipinski definition) is 3. The van der Waals surface area contributed by atoms with Crippen molar-refractivity contribution >= 4 is 29.7 Å². The lowest BCUT2D eigenvalue weighted by Gasteiger charge is -2.13. The molecule has 26 heavy (non-hydrogen) atoms. The number of nitrogens with zero attached hydrogens (tertiary/aromatic N) is 1. The molecule has 1 aliphatic heterocycles. The highest BCUT2D eigenvalue weighted by molar-refractivity contribution is 7.71. The molecular formula is C17H18ClF2N3O2S. The smallest absolute Gasteiger partial charge is 0.226 e. The van der Waals surface area contributed by atoms with E-state index in [1.54, 1.807) is 11.7 Å². The van der Waals surface area contributed by atoms with Crippen molar-refractivity contribution in [2.24, 2.45) is 0 Å². The van der Waals surface area contributed by atoms with Gasteiger partial charge >= 0.3 is 0 Å². The zero-order valence-corrected chi connectivity index (χ0v) is 15.6. The van der Waals surface area contributed by atoms with E-state index in [2.05, 4.69) is 10.3 Å². The fourth-order valence-corrected chi connectivity index (χ4v) is 3.74. The van der Waals surface area contributed by atoms with Crippen LogP contribution in [0.4, 0.5) is 8.78 Å². The molecule has 0 fully saturated rings. The number of methoxy groups -OCH3 is 1. The van der Waals surface area contributed by atoms with Gasteiger partial charge in [0.1, 0.15) is 11.6 Å². The van der Waals surface area contributed by atoms with E-state index in [1.165, 1.54) is 12.1 Å². The quantitative estimate of drug-likeness (QED) is 0.444. The first kappa shape index (κ1) is 19.0.